The third-order valence-corrected chi connectivity index (χ3v) is 5.62. The van der Waals surface area contributed by atoms with Crippen molar-refractivity contribution in [1.82, 2.24) is 9.97 Å². The molecule has 174 valence electrons. The van der Waals surface area contributed by atoms with Gasteiger partial charge in [-0.25, -0.2) is 18.7 Å². The van der Waals surface area contributed by atoms with Gasteiger partial charge in [-0.05, 0) is 31.6 Å². The zero-order valence-corrected chi connectivity index (χ0v) is 18.2. The maximum atomic E-state index is 13.9. The molecule has 0 aliphatic carbocycles. The summed E-state index contributed by atoms with van der Waals surface area (Å²) in [4.78, 5) is 21.7. The summed E-state index contributed by atoms with van der Waals surface area (Å²) in [5.74, 6) is -1.61. The molecule has 1 N–H and O–H groups in total. The average Bonchev–Trinajstić information content (AvgIpc) is 2.77. The standard InChI is InChI=1S/C23H29F2N3O4/c1-31-15-17-13-26-23(27-14-17)28-7-5-16(6-8-28)4-2-3-9-32-18-10-20(24)19(12-22(29)30)21(25)11-18/h10-11,13-14,16H,2-9,12,15H2,1H3,(H,29,30). The van der Waals surface area contributed by atoms with Crippen LogP contribution in [0.2, 0.25) is 0 Å². The van der Waals surface area contributed by atoms with Gasteiger partial charge in [0, 0.05) is 55.9 Å². The first-order chi connectivity index (χ1) is 15.5. The van der Waals surface area contributed by atoms with Gasteiger partial charge in [-0.2, -0.15) is 0 Å². The largest absolute Gasteiger partial charge is 0.493 e. The molecule has 1 aliphatic heterocycles. The number of piperidine rings is 1. The molecule has 2 heterocycles. The van der Waals surface area contributed by atoms with Crippen LogP contribution in [0.5, 0.6) is 5.75 Å². The molecule has 0 amide bonds. The predicted molar refractivity (Wildman–Crippen MR) is 115 cm³/mol. The molecule has 3 rings (SSSR count). The highest BCUT2D eigenvalue weighted by atomic mass is 19.1. The van der Waals surface area contributed by atoms with Gasteiger partial charge in [0.25, 0.3) is 0 Å². The number of rotatable bonds is 11. The normalized spacial score (nSPS) is 14.5. The lowest BCUT2D eigenvalue weighted by molar-refractivity contribution is -0.136. The first-order valence-electron chi connectivity index (χ1n) is 10.8. The van der Waals surface area contributed by atoms with Crippen molar-refractivity contribution in [3.8, 4) is 5.75 Å². The molecule has 1 aliphatic rings. The number of nitrogens with zero attached hydrogens (tertiary/aromatic N) is 3. The Morgan fingerprint density at radius 2 is 1.81 bits per heavy atom. The average molecular weight is 449 g/mol. The molecule has 1 aromatic carbocycles. The van der Waals surface area contributed by atoms with E-state index in [-0.39, 0.29) is 5.75 Å². The van der Waals surface area contributed by atoms with Crippen molar-refractivity contribution in [1.29, 1.82) is 0 Å². The van der Waals surface area contributed by atoms with E-state index in [1.807, 2.05) is 0 Å². The van der Waals surface area contributed by atoms with Gasteiger partial charge in [0.05, 0.1) is 19.6 Å². The number of carboxylic acid groups (broad SMARTS) is 1. The first-order valence-corrected chi connectivity index (χ1v) is 10.8. The van der Waals surface area contributed by atoms with E-state index < -0.39 is 29.6 Å². The Morgan fingerprint density at radius 1 is 1.16 bits per heavy atom. The lowest BCUT2D eigenvalue weighted by Gasteiger charge is -2.32. The lowest BCUT2D eigenvalue weighted by Crippen LogP contribution is -2.34. The number of aromatic nitrogens is 2. The third kappa shape index (κ3) is 6.85. The van der Waals surface area contributed by atoms with Crippen LogP contribution in [0, 0.1) is 17.6 Å². The number of ether oxygens (including phenoxy) is 2. The molecule has 0 radical (unpaired) electrons. The number of methoxy groups -OCH3 is 1. The molecule has 0 atom stereocenters. The van der Waals surface area contributed by atoms with Gasteiger partial charge in [-0.15, -0.1) is 0 Å². The Bertz CT molecular complexity index is 864. The second-order valence-electron chi connectivity index (χ2n) is 8.03. The van der Waals surface area contributed by atoms with Gasteiger partial charge in [0.1, 0.15) is 17.4 Å². The Hall–Kier alpha value is -2.81. The van der Waals surface area contributed by atoms with Gasteiger partial charge in [-0.3, -0.25) is 4.79 Å². The minimum atomic E-state index is -1.28. The van der Waals surface area contributed by atoms with Gasteiger partial charge < -0.3 is 19.5 Å². The fourth-order valence-corrected chi connectivity index (χ4v) is 3.88. The first kappa shape index (κ1) is 23.8. The maximum Gasteiger partial charge on any atom is 0.308 e. The summed E-state index contributed by atoms with van der Waals surface area (Å²) >= 11 is 0. The Balaban J connectivity index is 1.34. The second-order valence-corrected chi connectivity index (χ2v) is 8.03. The lowest BCUT2D eigenvalue weighted by atomic mass is 9.92. The van der Waals surface area contributed by atoms with Crippen LogP contribution < -0.4 is 9.64 Å². The van der Waals surface area contributed by atoms with E-state index in [4.69, 9.17) is 14.6 Å². The van der Waals surface area contributed by atoms with E-state index in [9.17, 15) is 13.6 Å². The van der Waals surface area contributed by atoms with Crippen LogP contribution in [0.3, 0.4) is 0 Å². The topological polar surface area (TPSA) is 84.8 Å². The summed E-state index contributed by atoms with van der Waals surface area (Å²) in [6.45, 7) is 2.71. The van der Waals surface area contributed by atoms with E-state index >= 15 is 0 Å². The number of carboxylic acids is 1. The van der Waals surface area contributed by atoms with Crippen LogP contribution in [0.1, 0.15) is 43.2 Å². The summed E-state index contributed by atoms with van der Waals surface area (Å²) in [5.41, 5.74) is 0.502. The van der Waals surface area contributed by atoms with Gasteiger partial charge >= 0.3 is 5.97 Å². The number of aliphatic carboxylic acids is 1. The summed E-state index contributed by atoms with van der Waals surface area (Å²) in [6.07, 6.45) is 7.88. The molecule has 9 heteroatoms. The molecule has 2 aromatic rings. The quantitative estimate of drug-likeness (QED) is 0.519. The molecule has 0 saturated carbocycles. The molecule has 1 aromatic heterocycles. The van der Waals surface area contributed by atoms with Crippen LogP contribution in [-0.4, -0.2) is 47.8 Å². The molecule has 1 saturated heterocycles. The van der Waals surface area contributed by atoms with Crippen LogP contribution in [0.15, 0.2) is 24.5 Å². The van der Waals surface area contributed by atoms with Crippen molar-refractivity contribution in [2.24, 2.45) is 5.92 Å². The van der Waals surface area contributed by atoms with E-state index in [2.05, 4.69) is 14.9 Å². The number of hydrogen-bond acceptors (Lipinski definition) is 6. The number of unbranched alkanes of at least 4 members (excludes halogenated alkanes) is 1. The Labute approximate surface area is 186 Å². The van der Waals surface area contributed by atoms with Crippen LogP contribution in [-0.2, 0) is 22.6 Å². The molecular formula is C23H29F2N3O4. The molecule has 1 fully saturated rings. The van der Waals surface area contributed by atoms with Gasteiger partial charge in [0.15, 0.2) is 0 Å². The van der Waals surface area contributed by atoms with E-state index in [0.717, 1.165) is 68.8 Å². The van der Waals surface area contributed by atoms with E-state index in [0.29, 0.717) is 19.1 Å². The highest BCUT2D eigenvalue weighted by Crippen LogP contribution is 2.25. The minimum absolute atomic E-state index is 0.0824. The van der Waals surface area contributed by atoms with Gasteiger partial charge in [-0.1, -0.05) is 6.42 Å². The SMILES string of the molecule is COCc1cnc(N2CCC(CCCCOc3cc(F)c(CC(=O)O)c(F)c3)CC2)nc1. The summed E-state index contributed by atoms with van der Waals surface area (Å²) in [5, 5.41) is 8.72. The third-order valence-electron chi connectivity index (χ3n) is 5.62. The predicted octanol–water partition coefficient (Wildman–Crippen LogP) is 3.99. The van der Waals surface area contributed by atoms with Crippen molar-refractivity contribution >= 4 is 11.9 Å². The van der Waals surface area contributed by atoms with Crippen LogP contribution in [0.4, 0.5) is 14.7 Å². The maximum absolute atomic E-state index is 13.9. The van der Waals surface area contributed by atoms with E-state index in [1.54, 1.807) is 19.5 Å². The van der Waals surface area contributed by atoms with Crippen molar-refractivity contribution in [2.45, 2.75) is 45.1 Å². The van der Waals surface area contributed by atoms with Crippen molar-refractivity contribution in [2.75, 3.05) is 31.7 Å². The minimum Gasteiger partial charge on any atom is -0.493 e. The zero-order chi connectivity index (χ0) is 22.9. The van der Waals surface area contributed by atoms with Crippen LogP contribution >= 0.6 is 0 Å². The van der Waals surface area contributed by atoms with Crippen molar-refractivity contribution in [3.63, 3.8) is 0 Å². The summed E-state index contributed by atoms with van der Waals surface area (Å²) in [7, 11) is 1.64. The van der Waals surface area contributed by atoms with E-state index in [1.165, 1.54) is 0 Å². The summed E-state index contributed by atoms with van der Waals surface area (Å²) < 4.78 is 38.3. The molecule has 0 unspecified atom stereocenters. The van der Waals surface area contributed by atoms with Gasteiger partial charge in [0.2, 0.25) is 5.95 Å². The highest BCUT2D eigenvalue weighted by Gasteiger charge is 2.21. The monoisotopic (exact) mass is 449 g/mol. The Kier molecular flexibility index (Phi) is 8.72. The number of hydrogen-bond donors (Lipinski definition) is 1. The Morgan fingerprint density at radius 3 is 2.41 bits per heavy atom. The number of anilines is 1. The molecule has 0 spiro atoms. The number of carbonyl (C=O) groups is 1. The highest BCUT2D eigenvalue weighted by molar-refractivity contribution is 5.70. The second kappa shape index (κ2) is 11.7. The molecule has 7 nitrogen and oxygen atoms in total. The molecule has 0 bridgehead atoms. The van der Waals surface area contributed by atoms with Crippen molar-refractivity contribution in [3.05, 3.63) is 47.3 Å². The van der Waals surface area contributed by atoms with Crippen molar-refractivity contribution < 1.29 is 28.2 Å². The number of benzene rings is 1. The molecule has 32 heavy (non-hydrogen) atoms. The summed E-state index contributed by atoms with van der Waals surface area (Å²) in [6, 6.07) is 2.09. The van der Waals surface area contributed by atoms with Crippen LogP contribution in [0.25, 0.3) is 0 Å². The molecular weight excluding hydrogens is 420 g/mol. The fourth-order valence-electron chi connectivity index (χ4n) is 3.88. The zero-order valence-electron chi connectivity index (χ0n) is 18.2. The number of halogens is 2. The smallest absolute Gasteiger partial charge is 0.308 e. The fraction of sp³-hybridized carbons (Fsp3) is 0.522.